The van der Waals surface area contributed by atoms with Gasteiger partial charge >= 0.3 is 6.03 Å². The van der Waals surface area contributed by atoms with Gasteiger partial charge in [0.25, 0.3) is 0 Å². The summed E-state index contributed by atoms with van der Waals surface area (Å²) in [4.78, 5) is 16.7. The highest BCUT2D eigenvalue weighted by Gasteiger charge is 2.34. The second kappa shape index (κ2) is 7.94. The fourth-order valence-electron chi connectivity index (χ4n) is 4.23. The SMILES string of the molecule is N=CNC(=O)Nc1ccn2c(-c3ccccc3)c(-c3ccc(C4(N)CCC4)cc3)nc2c1. The Kier molecular flexibility index (Phi) is 4.95. The average Bonchev–Trinajstić information content (AvgIpc) is 3.17. The third-order valence-electron chi connectivity index (χ3n) is 6.11. The third-order valence-corrected chi connectivity index (χ3v) is 6.11. The number of anilines is 1. The molecule has 1 aliphatic rings. The average molecular weight is 425 g/mol. The van der Waals surface area contributed by atoms with E-state index in [1.165, 1.54) is 12.0 Å². The molecule has 0 saturated heterocycles. The maximum Gasteiger partial charge on any atom is 0.324 e. The number of benzene rings is 2. The molecule has 2 amide bonds. The van der Waals surface area contributed by atoms with Gasteiger partial charge in [0, 0.05) is 34.6 Å². The zero-order chi connectivity index (χ0) is 22.1. The molecule has 2 heterocycles. The highest BCUT2D eigenvalue weighted by atomic mass is 16.2. The standard InChI is InChI=1S/C25H24N6O/c26-16-28-24(32)29-20-11-14-31-21(15-20)30-22(23(31)18-5-2-1-3-6-18)17-7-9-19(10-8-17)25(27)12-4-13-25/h1-3,5-11,14-16H,4,12-13,27H2,(H3,26,28,29,32). The summed E-state index contributed by atoms with van der Waals surface area (Å²) in [5.74, 6) is 0. The van der Waals surface area contributed by atoms with Gasteiger partial charge in [0.1, 0.15) is 5.65 Å². The van der Waals surface area contributed by atoms with Crippen molar-refractivity contribution in [1.82, 2.24) is 14.7 Å². The molecular formula is C25H24N6O. The van der Waals surface area contributed by atoms with Crippen LogP contribution in [0.15, 0.2) is 72.9 Å². The maximum atomic E-state index is 11.8. The van der Waals surface area contributed by atoms with E-state index in [4.69, 9.17) is 16.1 Å². The van der Waals surface area contributed by atoms with Gasteiger partial charge in [0.15, 0.2) is 0 Å². The molecule has 7 nitrogen and oxygen atoms in total. The number of hydrogen-bond donors (Lipinski definition) is 4. The highest BCUT2D eigenvalue weighted by Crippen LogP contribution is 2.40. The summed E-state index contributed by atoms with van der Waals surface area (Å²) in [6.45, 7) is 0. The first-order valence-electron chi connectivity index (χ1n) is 10.6. The predicted molar refractivity (Wildman–Crippen MR) is 127 cm³/mol. The number of nitrogens with two attached hydrogens (primary N) is 1. The topological polar surface area (TPSA) is 108 Å². The smallest absolute Gasteiger partial charge is 0.321 e. The van der Waals surface area contributed by atoms with Crippen molar-refractivity contribution in [2.75, 3.05) is 5.32 Å². The summed E-state index contributed by atoms with van der Waals surface area (Å²) < 4.78 is 2.02. The van der Waals surface area contributed by atoms with Gasteiger partial charge in [0.2, 0.25) is 0 Å². The number of rotatable bonds is 5. The van der Waals surface area contributed by atoms with Crippen molar-refractivity contribution < 1.29 is 4.79 Å². The normalized spacial score (nSPS) is 14.5. The molecule has 0 aliphatic heterocycles. The number of carbonyl (C=O) groups is 1. The number of nitrogens with one attached hydrogen (secondary N) is 3. The summed E-state index contributed by atoms with van der Waals surface area (Å²) in [7, 11) is 0. The monoisotopic (exact) mass is 424 g/mol. The molecule has 5 N–H and O–H groups in total. The molecule has 0 radical (unpaired) electrons. The molecule has 32 heavy (non-hydrogen) atoms. The van der Waals surface area contributed by atoms with Crippen LogP contribution in [0, 0.1) is 5.41 Å². The van der Waals surface area contributed by atoms with Gasteiger partial charge in [-0.25, -0.2) is 9.78 Å². The fourth-order valence-corrected chi connectivity index (χ4v) is 4.23. The Morgan fingerprint density at radius 3 is 2.47 bits per heavy atom. The van der Waals surface area contributed by atoms with Gasteiger partial charge < -0.3 is 11.1 Å². The quantitative estimate of drug-likeness (QED) is 0.275. The lowest BCUT2D eigenvalue weighted by Gasteiger charge is -2.38. The molecule has 0 spiro atoms. The van der Waals surface area contributed by atoms with E-state index in [9.17, 15) is 4.79 Å². The second-order valence-corrected chi connectivity index (χ2v) is 8.15. The van der Waals surface area contributed by atoms with Gasteiger partial charge in [-0.3, -0.25) is 15.1 Å². The van der Waals surface area contributed by atoms with Crippen LogP contribution in [0.25, 0.3) is 28.2 Å². The Hall–Kier alpha value is -3.97. The largest absolute Gasteiger partial charge is 0.324 e. The van der Waals surface area contributed by atoms with Crippen molar-refractivity contribution in [1.29, 1.82) is 5.41 Å². The van der Waals surface area contributed by atoms with Crippen molar-refractivity contribution in [3.05, 3.63) is 78.5 Å². The van der Waals surface area contributed by atoms with Crippen LogP contribution in [0.1, 0.15) is 24.8 Å². The molecule has 2 aromatic heterocycles. The van der Waals surface area contributed by atoms with E-state index >= 15 is 0 Å². The van der Waals surface area contributed by atoms with Crippen LogP contribution < -0.4 is 16.4 Å². The molecule has 160 valence electrons. The molecule has 2 aromatic carbocycles. The van der Waals surface area contributed by atoms with Gasteiger partial charge in [0.05, 0.1) is 17.7 Å². The van der Waals surface area contributed by atoms with Crippen LogP contribution in [0.3, 0.4) is 0 Å². The van der Waals surface area contributed by atoms with E-state index in [0.717, 1.165) is 41.7 Å². The first-order valence-corrected chi connectivity index (χ1v) is 10.6. The minimum Gasteiger partial charge on any atom is -0.321 e. The molecule has 5 rings (SSSR count). The van der Waals surface area contributed by atoms with Crippen molar-refractivity contribution in [3.8, 4) is 22.5 Å². The number of aromatic nitrogens is 2. The van der Waals surface area contributed by atoms with Crippen molar-refractivity contribution in [2.24, 2.45) is 5.73 Å². The summed E-state index contributed by atoms with van der Waals surface area (Å²) in [6, 6.07) is 21.7. The van der Waals surface area contributed by atoms with Gasteiger partial charge in [-0.2, -0.15) is 0 Å². The number of amides is 2. The second-order valence-electron chi connectivity index (χ2n) is 8.15. The van der Waals surface area contributed by atoms with E-state index in [-0.39, 0.29) is 5.54 Å². The third kappa shape index (κ3) is 3.52. The van der Waals surface area contributed by atoms with E-state index in [1.54, 1.807) is 0 Å². The lowest BCUT2D eigenvalue weighted by molar-refractivity contribution is 0.253. The lowest BCUT2D eigenvalue weighted by atomic mass is 9.72. The number of carbonyl (C=O) groups excluding carboxylic acids is 1. The first-order chi connectivity index (χ1) is 15.6. The highest BCUT2D eigenvalue weighted by molar-refractivity contribution is 5.96. The zero-order valence-electron chi connectivity index (χ0n) is 17.5. The molecule has 1 saturated carbocycles. The minimum atomic E-state index is -0.471. The number of fused-ring (bicyclic) bond motifs is 1. The molecule has 7 heteroatoms. The molecule has 1 aliphatic carbocycles. The molecule has 0 atom stereocenters. The van der Waals surface area contributed by atoms with Crippen LogP contribution in [-0.4, -0.2) is 21.8 Å². The molecule has 1 fully saturated rings. The lowest BCUT2D eigenvalue weighted by Crippen LogP contribution is -2.43. The predicted octanol–water partition coefficient (Wildman–Crippen LogP) is 4.73. The Bertz CT molecular complexity index is 1290. The van der Waals surface area contributed by atoms with Crippen LogP contribution in [0.5, 0.6) is 0 Å². The van der Waals surface area contributed by atoms with E-state index in [0.29, 0.717) is 11.3 Å². The Morgan fingerprint density at radius 1 is 1.06 bits per heavy atom. The number of nitrogens with zero attached hydrogens (tertiary/aromatic N) is 2. The number of imidazole rings is 1. The van der Waals surface area contributed by atoms with E-state index in [2.05, 4.69) is 47.0 Å². The molecule has 4 aromatic rings. The summed E-state index contributed by atoms with van der Waals surface area (Å²) in [5, 5.41) is 12.0. The van der Waals surface area contributed by atoms with E-state index in [1.807, 2.05) is 40.9 Å². The summed E-state index contributed by atoms with van der Waals surface area (Å²) in [5.41, 5.74) is 12.7. The van der Waals surface area contributed by atoms with Crippen LogP contribution in [-0.2, 0) is 5.54 Å². The fraction of sp³-hybridized carbons (Fsp3) is 0.160. The minimum absolute atomic E-state index is 0.197. The van der Waals surface area contributed by atoms with Crippen LogP contribution in [0.4, 0.5) is 10.5 Å². The molecular weight excluding hydrogens is 400 g/mol. The Morgan fingerprint density at radius 2 is 1.81 bits per heavy atom. The molecule has 0 bridgehead atoms. The van der Waals surface area contributed by atoms with Gasteiger partial charge in [-0.15, -0.1) is 0 Å². The summed E-state index contributed by atoms with van der Waals surface area (Å²) >= 11 is 0. The maximum absolute atomic E-state index is 11.8. The number of hydrogen-bond acceptors (Lipinski definition) is 4. The van der Waals surface area contributed by atoms with Crippen molar-refractivity contribution >= 4 is 23.7 Å². The van der Waals surface area contributed by atoms with E-state index < -0.39 is 6.03 Å². The first kappa shape index (κ1) is 20.0. The van der Waals surface area contributed by atoms with Crippen LogP contribution >= 0.6 is 0 Å². The molecule has 0 unspecified atom stereocenters. The van der Waals surface area contributed by atoms with Gasteiger partial charge in [-0.1, -0.05) is 54.6 Å². The zero-order valence-corrected chi connectivity index (χ0v) is 17.5. The van der Waals surface area contributed by atoms with Crippen molar-refractivity contribution in [2.45, 2.75) is 24.8 Å². The summed E-state index contributed by atoms with van der Waals surface area (Å²) in [6.07, 6.45) is 5.96. The number of urea groups is 1. The Balaban J connectivity index is 1.60. The van der Waals surface area contributed by atoms with Crippen LogP contribution in [0.2, 0.25) is 0 Å². The van der Waals surface area contributed by atoms with Gasteiger partial charge in [-0.05, 0) is 30.9 Å². The number of pyridine rings is 1. The Labute approximate surface area is 185 Å². The van der Waals surface area contributed by atoms with Crippen molar-refractivity contribution in [3.63, 3.8) is 0 Å².